The maximum atomic E-state index is 11.1. The van der Waals surface area contributed by atoms with Crippen molar-refractivity contribution in [2.24, 2.45) is 0 Å². The molecule has 2 atom stereocenters. The normalized spacial score (nSPS) is 16.4. The van der Waals surface area contributed by atoms with Crippen molar-refractivity contribution in [1.82, 2.24) is 4.98 Å². The van der Waals surface area contributed by atoms with Gasteiger partial charge in [-0.05, 0) is 19.1 Å². The Morgan fingerprint density at radius 2 is 2.25 bits per heavy atom. The molecule has 2 unspecified atom stereocenters. The maximum Gasteiger partial charge on any atom is 0.315 e. The van der Waals surface area contributed by atoms with Crippen molar-refractivity contribution in [3.8, 4) is 0 Å². The molecule has 0 aliphatic rings. The number of hydrogen-bond acceptors (Lipinski definition) is 4. The lowest BCUT2D eigenvalue weighted by Gasteiger charge is -2.28. The van der Waals surface area contributed by atoms with Crippen LogP contribution in [0.4, 0.5) is 0 Å². The molecule has 0 saturated carbocycles. The molecule has 0 radical (unpaired) electrons. The van der Waals surface area contributed by atoms with E-state index < -0.39 is 17.5 Å². The average Bonchev–Trinajstić information content (AvgIpc) is 2.17. The minimum absolute atomic E-state index is 0.0134. The Kier molecular flexibility index (Phi) is 3.98. The van der Waals surface area contributed by atoms with Crippen LogP contribution >= 0.6 is 0 Å². The topological polar surface area (TPSA) is 90.7 Å². The summed E-state index contributed by atoms with van der Waals surface area (Å²) in [6.45, 7) is 1.11. The Hall–Kier alpha value is -1.46. The van der Waals surface area contributed by atoms with E-state index in [1.807, 2.05) is 0 Å². The van der Waals surface area contributed by atoms with Crippen LogP contribution in [-0.4, -0.2) is 38.5 Å². The molecule has 16 heavy (non-hydrogen) atoms. The van der Waals surface area contributed by atoms with Gasteiger partial charge >= 0.3 is 5.97 Å². The van der Waals surface area contributed by atoms with Crippen LogP contribution in [0.5, 0.6) is 0 Å². The zero-order valence-corrected chi connectivity index (χ0v) is 9.00. The van der Waals surface area contributed by atoms with Gasteiger partial charge in [0.05, 0.1) is 11.3 Å². The van der Waals surface area contributed by atoms with Crippen LogP contribution in [0.2, 0.25) is 0 Å². The van der Waals surface area contributed by atoms with Gasteiger partial charge in [0.2, 0.25) is 0 Å². The fourth-order valence-electron chi connectivity index (χ4n) is 1.63. The molecule has 0 amide bonds. The average molecular weight is 225 g/mol. The molecule has 3 N–H and O–H groups in total. The Labute approximate surface area is 93.4 Å². The summed E-state index contributed by atoms with van der Waals surface area (Å²) in [6, 6.07) is 4.88. The number of carboxylic acid groups (broad SMARTS) is 1. The van der Waals surface area contributed by atoms with Crippen molar-refractivity contribution in [3.63, 3.8) is 0 Å². The van der Waals surface area contributed by atoms with Gasteiger partial charge in [0.15, 0.2) is 0 Å². The quantitative estimate of drug-likeness (QED) is 0.674. The Morgan fingerprint density at radius 3 is 2.69 bits per heavy atom. The fraction of sp³-hybridized carbons (Fsp3) is 0.455. The van der Waals surface area contributed by atoms with E-state index in [1.165, 1.54) is 13.1 Å². The summed E-state index contributed by atoms with van der Waals surface area (Å²) in [5.41, 5.74) is -1.23. The third kappa shape index (κ3) is 2.77. The van der Waals surface area contributed by atoms with Crippen molar-refractivity contribution in [2.45, 2.75) is 24.9 Å². The third-order valence-electron chi connectivity index (χ3n) is 2.47. The smallest absolute Gasteiger partial charge is 0.315 e. The maximum absolute atomic E-state index is 11.1. The van der Waals surface area contributed by atoms with Crippen molar-refractivity contribution in [3.05, 3.63) is 30.1 Å². The number of rotatable bonds is 5. The number of carbonyl (C=O) groups is 1. The highest BCUT2D eigenvalue weighted by Crippen LogP contribution is 2.29. The summed E-state index contributed by atoms with van der Waals surface area (Å²) in [6.07, 6.45) is 1.46. The second-order valence-corrected chi connectivity index (χ2v) is 3.86. The molecule has 88 valence electrons. The number of aromatic nitrogens is 1. The van der Waals surface area contributed by atoms with E-state index >= 15 is 0 Å². The fourth-order valence-corrected chi connectivity index (χ4v) is 1.63. The molecular weight excluding hydrogens is 210 g/mol. The molecule has 0 spiro atoms. The van der Waals surface area contributed by atoms with E-state index in [0.717, 1.165) is 0 Å². The van der Waals surface area contributed by atoms with Gasteiger partial charge in [-0.3, -0.25) is 9.78 Å². The number of aliphatic hydroxyl groups excluding tert-OH is 1. The van der Waals surface area contributed by atoms with Crippen LogP contribution in [0.15, 0.2) is 24.4 Å². The van der Waals surface area contributed by atoms with Crippen LogP contribution in [-0.2, 0) is 4.79 Å². The molecule has 0 fully saturated rings. The molecule has 0 bridgehead atoms. The highest BCUT2D eigenvalue weighted by atomic mass is 16.4. The summed E-state index contributed by atoms with van der Waals surface area (Å²) in [5, 5.41) is 27.9. The highest BCUT2D eigenvalue weighted by Gasteiger charge is 2.39. The number of aliphatic hydroxyl groups is 2. The monoisotopic (exact) mass is 225 g/mol. The van der Waals surface area contributed by atoms with Gasteiger partial charge in [-0.2, -0.15) is 0 Å². The molecule has 0 aliphatic carbocycles. The zero-order chi connectivity index (χ0) is 12.2. The Balaban J connectivity index is 3.05. The van der Waals surface area contributed by atoms with Crippen LogP contribution in [0.25, 0.3) is 0 Å². The van der Waals surface area contributed by atoms with Gasteiger partial charge in [0.25, 0.3) is 0 Å². The molecular formula is C11H15NO4. The van der Waals surface area contributed by atoms with E-state index in [1.54, 1.807) is 18.2 Å². The molecule has 1 heterocycles. The number of carboxylic acids is 1. The number of hydrogen-bond donors (Lipinski definition) is 3. The second kappa shape index (κ2) is 5.05. The van der Waals surface area contributed by atoms with Gasteiger partial charge in [-0.1, -0.05) is 6.07 Å². The molecule has 0 aromatic carbocycles. The Morgan fingerprint density at radius 1 is 1.56 bits per heavy atom. The largest absolute Gasteiger partial charge is 0.481 e. The Bertz CT molecular complexity index is 350. The van der Waals surface area contributed by atoms with Gasteiger partial charge < -0.3 is 15.3 Å². The minimum atomic E-state index is -1.52. The molecule has 1 aromatic rings. The van der Waals surface area contributed by atoms with Crippen LogP contribution < -0.4 is 0 Å². The summed E-state index contributed by atoms with van der Waals surface area (Å²) >= 11 is 0. The first-order chi connectivity index (χ1) is 7.49. The first-order valence-corrected chi connectivity index (χ1v) is 4.96. The van der Waals surface area contributed by atoms with E-state index in [2.05, 4.69) is 4.98 Å². The first-order valence-electron chi connectivity index (χ1n) is 4.96. The number of aliphatic carboxylic acids is 1. The summed E-state index contributed by atoms with van der Waals surface area (Å²) in [7, 11) is 0. The lowest BCUT2D eigenvalue weighted by molar-refractivity contribution is -0.146. The predicted octanol–water partition coefficient (Wildman–Crippen LogP) is 0.383. The minimum Gasteiger partial charge on any atom is -0.481 e. The zero-order valence-electron chi connectivity index (χ0n) is 9.00. The molecule has 5 heteroatoms. The van der Waals surface area contributed by atoms with Crippen LogP contribution in [0.3, 0.4) is 0 Å². The van der Waals surface area contributed by atoms with Gasteiger partial charge in [-0.15, -0.1) is 0 Å². The molecule has 1 aromatic heterocycles. The molecule has 1 rings (SSSR count). The predicted molar refractivity (Wildman–Crippen MR) is 56.9 cm³/mol. The second-order valence-electron chi connectivity index (χ2n) is 3.86. The van der Waals surface area contributed by atoms with Gasteiger partial charge in [0, 0.05) is 19.2 Å². The number of pyridine rings is 1. The highest BCUT2D eigenvalue weighted by molar-refractivity contribution is 5.77. The van der Waals surface area contributed by atoms with Crippen LogP contribution in [0, 0.1) is 0 Å². The van der Waals surface area contributed by atoms with Gasteiger partial charge in [-0.25, -0.2) is 0 Å². The van der Waals surface area contributed by atoms with Crippen molar-refractivity contribution in [1.29, 1.82) is 0 Å². The lowest BCUT2D eigenvalue weighted by atomic mass is 9.84. The van der Waals surface area contributed by atoms with E-state index in [4.69, 9.17) is 10.2 Å². The third-order valence-corrected chi connectivity index (χ3v) is 2.47. The summed E-state index contributed by atoms with van der Waals surface area (Å²) in [4.78, 5) is 15.1. The van der Waals surface area contributed by atoms with Crippen LogP contribution in [0.1, 0.15) is 25.0 Å². The van der Waals surface area contributed by atoms with Gasteiger partial charge in [0.1, 0.15) is 5.92 Å². The summed E-state index contributed by atoms with van der Waals surface area (Å²) < 4.78 is 0. The lowest BCUT2D eigenvalue weighted by Crippen LogP contribution is -2.39. The SMILES string of the molecule is CC(O)(CCO)C(C(=O)O)c1ccccn1. The van der Waals surface area contributed by atoms with Crippen molar-refractivity contribution < 1.29 is 20.1 Å². The number of nitrogens with zero attached hydrogens (tertiary/aromatic N) is 1. The van der Waals surface area contributed by atoms with Crippen molar-refractivity contribution >= 4 is 5.97 Å². The summed E-state index contributed by atoms with van der Waals surface area (Å²) in [5.74, 6) is -2.29. The van der Waals surface area contributed by atoms with Crippen molar-refractivity contribution in [2.75, 3.05) is 6.61 Å². The molecule has 0 aliphatic heterocycles. The van der Waals surface area contributed by atoms with E-state index in [9.17, 15) is 9.90 Å². The first kappa shape index (κ1) is 12.6. The van der Waals surface area contributed by atoms with E-state index in [-0.39, 0.29) is 18.7 Å². The van der Waals surface area contributed by atoms with E-state index in [0.29, 0.717) is 0 Å². The standard InChI is InChI=1S/C11H15NO4/c1-11(16,5-7-13)9(10(14)15)8-4-2-3-6-12-8/h2-4,6,9,13,16H,5,7H2,1H3,(H,14,15). The molecule has 0 saturated heterocycles. The molecule has 5 nitrogen and oxygen atoms in total.